The van der Waals surface area contributed by atoms with Crippen LogP contribution in [0.1, 0.15) is 42.7 Å². The summed E-state index contributed by atoms with van der Waals surface area (Å²) >= 11 is 0. The third-order valence-electron chi connectivity index (χ3n) is 3.93. The highest BCUT2D eigenvalue weighted by atomic mass is 16.3. The lowest BCUT2D eigenvalue weighted by molar-refractivity contribution is 0.0901. The van der Waals surface area contributed by atoms with E-state index in [1.165, 1.54) is 12.4 Å². The minimum absolute atomic E-state index is 0.0142. The number of aryl methyl sites for hydroxylation is 1. The van der Waals surface area contributed by atoms with Crippen molar-refractivity contribution in [3.8, 4) is 0 Å². The van der Waals surface area contributed by atoms with Gasteiger partial charge in [0, 0.05) is 13.1 Å². The van der Waals surface area contributed by atoms with Gasteiger partial charge in [0.2, 0.25) is 0 Å². The van der Waals surface area contributed by atoms with Crippen LogP contribution in [0, 0.1) is 5.92 Å². The number of hydrogen-bond donors (Lipinski definition) is 1. The van der Waals surface area contributed by atoms with Gasteiger partial charge < -0.3 is 9.73 Å². The van der Waals surface area contributed by atoms with Gasteiger partial charge in [-0.15, -0.1) is 0 Å². The van der Waals surface area contributed by atoms with Gasteiger partial charge in [-0.05, 0) is 24.5 Å². The number of nitrogens with zero attached hydrogens (tertiary/aromatic N) is 3. The molecule has 1 N–H and O–H groups in total. The fourth-order valence-corrected chi connectivity index (χ4v) is 2.77. The average Bonchev–Trinajstić information content (AvgIpc) is 2.99. The van der Waals surface area contributed by atoms with E-state index in [1.807, 2.05) is 0 Å². The number of benzene rings is 1. The number of aromatic nitrogens is 3. The van der Waals surface area contributed by atoms with Crippen molar-refractivity contribution in [3.63, 3.8) is 0 Å². The summed E-state index contributed by atoms with van der Waals surface area (Å²) < 4.78 is 7.23. The van der Waals surface area contributed by atoms with Gasteiger partial charge in [-0.25, -0.2) is 4.98 Å². The van der Waals surface area contributed by atoms with Crippen LogP contribution >= 0.6 is 0 Å². The smallest absolute Gasteiger partial charge is 0.287 e. The quantitative estimate of drug-likeness (QED) is 0.770. The number of rotatable bonds is 5. The van der Waals surface area contributed by atoms with Gasteiger partial charge in [-0.2, -0.15) is 5.10 Å². The molecular formula is C18H20N4O3. The Morgan fingerprint density at radius 1 is 1.32 bits per heavy atom. The van der Waals surface area contributed by atoms with Gasteiger partial charge in [0.15, 0.2) is 11.2 Å². The summed E-state index contributed by atoms with van der Waals surface area (Å²) in [6.07, 6.45) is 2.14. The molecule has 0 radical (unpaired) electrons. The van der Waals surface area contributed by atoms with Crippen molar-refractivity contribution in [1.29, 1.82) is 0 Å². The van der Waals surface area contributed by atoms with Gasteiger partial charge in [-0.1, -0.05) is 26.0 Å². The molecule has 0 fully saturated rings. The normalized spacial score (nSPS) is 12.5. The number of amides is 1. The highest BCUT2D eigenvalue weighted by molar-refractivity contribution is 5.93. The molecule has 0 aliphatic rings. The van der Waals surface area contributed by atoms with Crippen LogP contribution in [0.5, 0.6) is 0 Å². The lowest BCUT2D eigenvalue weighted by Crippen LogP contribution is -2.32. The molecule has 1 amide bonds. The second-order valence-electron chi connectivity index (χ2n) is 6.37. The summed E-state index contributed by atoms with van der Waals surface area (Å²) in [6, 6.07) is 7.75. The van der Waals surface area contributed by atoms with Crippen LogP contribution in [0.15, 0.2) is 45.9 Å². The predicted molar refractivity (Wildman–Crippen MR) is 93.1 cm³/mol. The molecule has 1 aromatic carbocycles. The Morgan fingerprint density at radius 3 is 2.76 bits per heavy atom. The molecule has 130 valence electrons. The van der Waals surface area contributed by atoms with E-state index in [1.54, 1.807) is 36.0 Å². The van der Waals surface area contributed by atoms with Crippen molar-refractivity contribution in [1.82, 2.24) is 20.1 Å². The monoisotopic (exact) mass is 340 g/mol. The fourth-order valence-electron chi connectivity index (χ4n) is 2.77. The van der Waals surface area contributed by atoms with Gasteiger partial charge in [0.25, 0.3) is 5.91 Å². The molecule has 25 heavy (non-hydrogen) atoms. The van der Waals surface area contributed by atoms with Crippen molar-refractivity contribution >= 4 is 16.9 Å². The van der Waals surface area contributed by atoms with Crippen LogP contribution in [0.2, 0.25) is 0 Å². The molecule has 0 bridgehead atoms. The van der Waals surface area contributed by atoms with E-state index in [9.17, 15) is 9.59 Å². The summed E-state index contributed by atoms with van der Waals surface area (Å²) in [6.45, 7) is 4.12. The first-order valence-electron chi connectivity index (χ1n) is 8.13. The molecule has 0 saturated heterocycles. The Bertz CT molecular complexity index is 958. The minimum Gasteiger partial charge on any atom is -0.451 e. The zero-order valence-electron chi connectivity index (χ0n) is 14.4. The van der Waals surface area contributed by atoms with Crippen molar-refractivity contribution in [2.24, 2.45) is 13.0 Å². The molecule has 3 aromatic rings. The van der Waals surface area contributed by atoms with Crippen LogP contribution < -0.4 is 10.7 Å². The third-order valence-corrected chi connectivity index (χ3v) is 3.93. The lowest BCUT2D eigenvalue weighted by atomic mass is 10.0. The SMILES string of the molecule is CC(C)CC(NC(=O)c1cc(=O)c2ccccc2o1)c1ncnn1C. The summed E-state index contributed by atoms with van der Waals surface area (Å²) in [4.78, 5) is 29.0. The number of para-hydroxylation sites is 1. The Hall–Kier alpha value is -2.96. The van der Waals surface area contributed by atoms with Gasteiger partial charge >= 0.3 is 0 Å². The molecular weight excluding hydrogens is 320 g/mol. The van der Waals surface area contributed by atoms with E-state index >= 15 is 0 Å². The van der Waals surface area contributed by atoms with E-state index in [2.05, 4.69) is 29.2 Å². The highest BCUT2D eigenvalue weighted by Gasteiger charge is 2.22. The van der Waals surface area contributed by atoms with E-state index in [-0.39, 0.29) is 17.2 Å². The second kappa shape index (κ2) is 6.88. The molecule has 7 nitrogen and oxygen atoms in total. The Balaban J connectivity index is 1.91. The van der Waals surface area contributed by atoms with Crippen LogP contribution in [-0.4, -0.2) is 20.7 Å². The average molecular weight is 340 g/mol. The van der Waals surface area contributed by atoms with Gasteiger partial charge in [-0.3, -0.25) is 14.3 Å². The molecule has 2 aromatic heterocycles. The number of carbonyl (C=O) groups excluding carboxylic acids is 1. The van der Waals surface area contributed by atoms with Crippen molar-refractivity contribution < 1.29 is 9.21 Å². The van der Waals surface area contributed by atoms with Crippen LogP contribution in [0.4, 0.5) is 0 Å². The molecule has 0 spiro atoms. The Morgan fingerprint density at radius 2 is 2.08 bits per heavy atom. The van der Waals surface area contributed by atoms with Crippen LogP contribution in [-0.2, 0) is 7.05 Å². The fraction of sp³-hybridized carbons (Fsp3) is 0.333. The van der Waals surface area contributed by atoms with Gasteiger partial charge in [0.1, 0.15) is 17.7 Å². The number of nitrogens with one attached hydrogen (secondary N) is 1. The largest absolute Gasteiger partial charge is 0.451 e. The maximum Gasteiger partial charge on any atom is 0.287 e. The van der Waals surface area contributed by atoms with E-state index in [0.717, 1.165) is 0 Å². The Kier molecular flexibility index (Phi) is 4.65. The summed E-state index contributed by atoms with van der Waals surface area (Å²) in [5.74, 6) is 0.534. The predicted octanol–water partition coefficient (Wildman–Crippen LogP) is 2.44. The summed E-state index contributed by atoms with van der Waals surface area (Å²) in [7, 11) is 1.78. The third kappa shape index (κ3) is 3.60. The molecule has 0 saturated carbocycles. The first-order valence-corrected chi connectivity index (χ1v) is 8.13. The van der Waals surface area contributed by atoms with Crippen molar-refractivity contribution in [3.05, 3.63) is 58.5 Å². The second-order valence-corrected chi connectivity index (χ2v) is 6.37. The van der Waals surface area contributed by atoms with Gasteiger partial charge in [0.05, 0.1) is 11.4 Å². The molecule has 0 aliphatic heterocycles. The first kappa shape index (κ1) is 16.9. The molecule has 1 unspecified atom stereocenters. The van der Waals surface area contributed by atoms with Crippen molar-refractivity contribution in [2.45, 2.75) is 26.3 Å². The lowest BCUT2D eigenvalue weighted by Gasteiger charge is -2.19. The molecule has 7 heteroatoms. The minimum atomic E-state index is -0.448. The van der Waals surface area contributed by atoms with Crippen LogP contribution in [0.25, 0.3) is 11.0 Å². The molecule has 0 aliphatic carbocycles. The number of fused-ring (bicyclic) bond motifs is 1. The van der Waals surface area contributed by atoms with Crippen molar-refractivity contribution in [2.75, 3.05) is 0 Å². The number of hydrogen-bond acceptors (Lipinski definition) is 5. The molecule has 2 heterocycles. The summed E-state index contributed by atoms with van der Waals surface area (Å²) in [5.41, 5.74) is 0.144. The van der Waals surface area contributed by atoms with Crippen LogP contribution in [0.3, 0.4) is 0 Å². The standard InChI is InChI=1S/C18H20N4O3/c1-11(2)8-13(17-19-10-20-22(17)3)21-18(24)16-9-14(23)12-6-4-5-7-15(12)25-16/h4-7,9-11,13H,8H2,1-3H3,(H,21,24). The first-order chi connectivity index (χ1) is 12.0. The Labute approximate surface area is 144 Å². The maximum atomic E-state index is 12.6. The topological polar surface area (TPSA) is 90.0 Å². The molecule has 3 rings (SSSR count). The van der Waals surface area contributed by atoms with E-state index < -0.39 is 5.91 Å². The van der Waals surface area contributed by atoms with E-state index in [0.29, 0.717) is 29.1 Å². The zero-order chi connectivity index (χ0) is 18.0. The maximum absolute atomic E-state index is 12.6. The highest BCUT2D eigenvalue weighted by Crippen LogP contribution is 2.20. The molecule has 1 atom stereocenters. The summed E-state index contributed by atoms with van der Waals surface area (Å²) in [5, 5.41) is 7.42. The zero-order valence-corrected chi connectivity index (χ0v) is 14.4. The van der Waals surface area contributed by atoms with E-state index in [4.69, 9.17) is 4.42 Å². The number of carbonyl (C=O) groups is 1.